The third-order valence-electron chi connectivity index (χ3n) is 8.42. The Morgan fingerprint density at radius 2 is 1.23 bits per heavy atom. The minimum absolute atomic E-state index is 0.00416. The maximum Gasteiger partial charge on any atom is 0.205 e. The van der Waals surface area contributed by atoms with Crippen LogP contribution in [-0.4, -0.2) is 48.5 Å². The lowest BCUT2D eigenvalue weighted by atomic mass is 9.90. The van der Waals surface area contributed by atoms with E-state index in [-0.39, 0.29) is 37.8 Å². The van der Waals surface area contributed by atoms with Crippen LogP contribution < -0.4 is 0 Å². The van der Waals surface area contributed by atoms with Gasteiger partial charge in [0, 0.05) is 11.8 Å². The van der Waals surface area contributed by atoms with Gasteiger partial charge in [-0.05, 0) is 48.4 Å². The summed E-state index contributed by atoms with van der Waals surface area (Å²) in [6, 6.07) is 8.35. The van der Waals surface area contributed by atoms with Crippen molar-refractivity contribution in [3.8, 4) is 0 Å². The van der Waals surface area contributed by atoms with E-state index in [0.717, 1.165) is 0 Å². The van der Waals surface area contributed by atoms with Crippen LogP contribution in [0.2, 0.25) is 36.3 Å². The van der Waals surface area contributed by atoms with E-state index in [1.165, 1.54) is 0 Å². The second-order valence-electron chi connectivity index (χ2n) is 13.2. The molecule has 5 atom stereocenters. The molecule has 0 aliphatic heterocycles. The van der Waals surface area contributed by atoms with Crippen molar-refractivity contribution in [2.24, 2.45) is 11.8 Å². The Balaban J connectivity index is 2.68. The maximum absolute atomic E-state index is 13.8. The van der Waals surface area contributed by atoms with Gasteiger partial charge in [0.2, 0.25) is 9.84 Å². The largest absolute Gasteiger partial charge is 0.413 e. The Kier molecular flexibility index (Phi) is 8.85. The predicted octanol–water partition coefficient (Wildman–Crippen LogP) is 6.77. The average molecular weight is 541 g/mol. The molecule has 200 valence electrons. The molecule has 0 aromatic heterocycles. The smallest absolute Gasteiger partial charge is 0.205 e. The van der Waals surface area contributed by atoms with Crippen LogP contribution in [0.4, 0.5) is 0 Å². The summed E-state index contributed by atoms with van der Waals surface area (Å²) >= 11 is 0. The summed E-state index contributed by atoms with van der Waals surface area (Å²) < 4.78 is 41.2. The number of sulfone groups is 1. The lowest BCUT2D eigenvalue weighted by Gasteiger charge is -2.46. The van der Waals surface area contributed by atoms with Crippen molar-refractivity contribution in [1.29, 1.82) is 0 Å². The van der Waals surface area contributed by atoms with Gasteiger partial charge in [-0.2, -0.15) is 0 Å². The molecule has 0 heterocycles. The monoisotopic (exact) mass is 540 g/mol. The normalized spacial score (nSPS) is 27.3. The Bertz CT molecular complexity index is 1000. The highest BCUT2D eigenvalue weighted by atomic mass is 32.2. The Hall–Kier alpha value is -0.776. The quantitative estimate of drug-likeness (QED) is 0.403. The number of rotatable bonds is 6. The van der Waals surface area contributed by atoms with E-state index in [4.69, 9.17) is 8.85 Å². The molecule has 1 aromatic rings. The molecule has 0 spiro atoms. The lowest BCUT2D eigenvalue weighted by molar-refractivity contribution is -0.0269. The van der Waals surface area contributed by atoms with Gasteiger partial charge in [-0.3, -0.25) is 0 Å². The van der Waals surface area contributed by atoms with Crippen molar-refractivity contribution in [1.82, 2.24) is 0 Å². The fourth-order valence-electron chi connectivity index (χ4n) is 3.97. The molecule has 0 fully saturated rings. The second kappa shape index (κ2) is 10.2. The van der Waals surface area contributed by atoms with E-state index in [1.54, 1.807) is 36.4 Å². The first-order valence-corrected chi connectivity index (χ1v) is 20.0. The number of aliphatic hydroxyl groups is 1. The lowest BCUT2D eigenvalue weighted by Crippen LogP contribution is -2.54. The van der Waals surface area contributed by atoms with Gasteiger partial charge in [-0.15, -0.1) is 0 Å². The summed E-state index contributed by atoms with van der Waals surface area (Å²) in [5.41, 5.74) is 0. The van der Waals surface area contributed by atoms with E-state index in [1.807, 2.05) is 13.8 Å². The predicted molar refractivity (Wildman–Crippen MR) is 150 cm³/mol. The van der Waals surface area contributed by atoms with Crippen molar-refractivity contribution >= 4 is 26.5 Å². The first-order valence-electron chi connectivity index (χ1n) is 12.7. The molecular weight excluding hydrogens is 493 g/mol. The molecule has 0 saturated carbocycles. The summed E-state index contributed by atoms with van der Waals surface area (Å²) in [5.74, 6) is -0.418. The standard InChI is InChI=1S/C27H48O5SSi2/c1-19-18-22(33(29,30)21-16-14-13-15-17-21)23(28)25(32-35(11,12)27(6,7)8)20(2)24(19)31-34(9,10)26(3,4)5/h13-20,23-25,28H,1-12H3/t19-,20+,23+,24+,25-/m0/s1. The highest BCUT2D eigenvalue weighted by Crippen LogP contribution is 2.45. The fourth-order valence-corrected chi connectivity index (χ4v) is 8.45. The van der Waals surface area contributed by atoms with E-state index in [2.05, 4.69) is 67.7 Å². The molecule has 2 rings (SSSR count). The van der Waals surface area contributed by atoms with Crippen LogP contribution in [0.1, 0.15) is 55.4 Å². The average Bonchev–Trinajstić information content (AvgIpc) is 2.79. The van der Waals surface area contributed by atoms with Gasteiger partial charge in [-0.25, -0.2) is 8.42 Å². The molecule has 1 N–H and O–H groups in total. The molecule has 1 aromatic carbocycles. The first-order chi connectivity index (χ1) is 15.6. The van der Waals surface area contributed by atoms with Crippen molar-refractivity contribution < 1.29 is 22.4 Å². The number of hydrogen-bond donors (Lipinski definition) is 1. The number of benzene rings is 1. The molecule has 0 amide bonds. The van der Waals surface area contributed by atoms with Crippen LogP contribution in [0.5, 0.6) is 0 Å². The molecule has 1 aliphatic rings. The molecular formula is C27H48O5SSi2. The molecule has 0 saturated heterocycles. The summed E-state index contributed by atoms with van der Waals surface area (Å²) in [6.07, 6.45) is -0.528. The topological polar surface area (TPSA) is 72.8 Å². The molecule has 5 nitrogen and oxygen atoms in total. The minimum atomic E-state index is -3.91. The van der Waals surface area contributed by atoms with Crippen molar-refractivity contribution in [3.05, 3.63) is 41.3 Å². The Morgan fingerprint density at radius 3 is 1.66 bits per heavy atom. The number of hydrogen-bond acceptors (Lipinski definition) is 5. The van der Waals surface area contributed by atoms with Crippen LogP contribution in [-0.2, 0) is 18.7 Å². The van der Waals surface area contributed by atoms with Crippen molar-refractivity contribution in [3.63, 3.8) is 0 Å². The maximum atomic E-state index is 13.8. The minimum Gasteiger partial charge on any atom is -0.413 e. The van der Waals surface area contributed by atoms with Crippen LogP contribution in [0.25, 0.3) is 0 Å². The van der Waals surface area contributed by atoms with Gasteiger partial charge in [-0.1, -0.05) is 79.7 Å². The zero-order valence-electron chi connectivity index (χ0n) is 23.8. The Labute approximate surface area is 216 Å². The van der Waals surface area contributed by atoms with Gasteiger partial charge < -0.3 is 14.0 Å². The third kappa shape index (κ3) is 6.39. The highest BCUT2D eigenvalue weighted by molar-refractivity contribution is 7.95. The van der Waals surface area contributed by atoms with Crippen LogP contribution in [0.15, 0.2) is 46.2 Å². The summed E-state index contributed by atoms with van der Waals surface area (Å²) in [5, 5.41) is 11.6. The molecule has 35 heavy (non-hydrogen) atoms. The van der Waals surface area contributed by atoms with Crippen molar-refractivity contribution in [2.75, 3.05) is 0 Å². The van der Waals surface area contributed by atoms with Gasteiger partial charge >= 0.3 is 0 Å². The second-order valence-corrected chi connectivity index (χ2v) is 24.7. The molecule has 0 bridgehead atoms. The summed E-state index contributed by atoms with van der Waals surface area (Å²) in [7, 11) is -8.43. The zero-order valence-corrected chi connectivity index (χ0v) is 26.7. The van der Waals surface area contributed by atoms with Gasteiger partial charge in [0.15, 0.2) is 16.6 Å². The highest BCUT2D eigenvalue weighted by Gasteiger charge is 2.50. The third-order valence-corrected chi connectivity index (χ3v) is 19.3. The van der Waals surface area contributed by atoms with Crippen LogP contribution in [0, 0.1) is 11.8 Å². The van der Waals surface area contributed by atoms with E-state index in [9.17, 15) is 13.5 Å². The molecule has 8 heteroatoms. The summed E-state index contributed by atoms with van der Waals surface area (Å²) in [4.78, 5) is 0.202. The van der Waals surface area contributed by atoms with Gasteiger partial charge in [0.05, 0.1) is 22.0 Å². The molecule has 1 aliphatic carbocycles. The van der Waals surface area contributed by atoms with E-state index >= 15 is 0 Å². The SMILES string of the molecule is C[C@H]1[C@H](O[Si](C)(C)C(C)(C)C)[C@H](O)C(S(=O)(=O)c2ccccc2)=C[C@H](C)[C@H]1O[Si](C)(C)C(C)(C)C. The van der Waals surface area contributed by atoms with Crippen LogP contribution >= 0.6 is 0 Å². The fraction of sp³-hybridized carbons (Fsp3) is 0.704. The zero-order chi connectivity index (χ0) is 27.2. The van der Waals surface area contributed by atoms with Gasteiger partial charge in [0.1, 0.15) is 6.10 Å². The van der Waals surface area contributed by atoms with E-state index < -0.39 is 38.7 Å². The van der Waals surface area contributed by atoms with Gasteiger partial charge in [0.25, 0.3) is 0 Å². The molecule has 0 radical (unpaired) electrons. The van der Waals surface area contributed by atoms with E-state index in [0.29, 0.717) is 0 Å². The van der Waals surface area contributed by atoms with Crippen LogP contribution in [0.3, 0.4) is 0 Å². The van der Waals surface area contributed by atoms with Crippen molar-refractivity contribution in [2.45, 2.75) is 115 Å². The molecule has 0 unspecified atom stereocenters. The Morgan fingerprint density at radius 1 is 0.800 bits per heavy atom. The first kappa shape index (κ1) is 30.4. The number of aliphatic hydroxyl groups excluding tert-OH is 1. The summed E-state index contributed by atoms with van der Waals surface area (Å²) in [6.45, 7) is 25.8.